The number of aryl methyl sites for hydroxylation is 1. The fourth-order valence-corrected chi connectivity index (χ4v) is 1.06. The molecule has 4 heteroatoms. The van der Waals surface area contributed by atoms with Gasteiger partial charge in [-0.2, -0.15) is 4.98 Å². The Bertz CT molecular complexity index is 350. The minimum absolute atomic E-state index is 0.584. The van der Waals surface area contributed by atoms with Gasteiger partial charge in [-0.15, -0.1) is 6.58 Å². The molecule has 0 atom stereocenters. The average molecular weight is 207 g/mol. The Morgan fingerprint density at radius 1 is 1.53 bits per heavy atom. The summed E-state index contributed by atoms with van der Waals surface area (Å²) in [5.41, 5.74) is 1.99. The molecule has 4 nitrogen and oxygen atoms in total. The van der Waals surface area contributed by atoms with Crippen molar-refractivity contribution in [1.29, 1.82) is 0 Å². The fraction of sp³-hybridized carbons (Fsp3) is 0.455. The molecular formula is C11H17N3O. The molecule has 1 aromatic rings. The summed E-state index contributed by atoms with van der Waals surface area (Å²) >= 11 is 0. The van der Waals surface area contributed by atoms with Crippen LogP contribution < -0.4 is 10.1 Å². The van der Waals surface area contributed by atoms with Gasteiger partial charge in [-0.1, -0.05) is 5.57 Å². The maximum Gasteiger partial charge on any atom is 0.225 e. The number of hydrogen-bond acceptors (Lipinski definition) is 4. The smallest absolute Gasteiger partial charge is 0.225 e. The first-order valence-corrected chi connectivity index (χ1v) is 4.92. The lowest BCUT2D eigenvalue weighted by Crippen LogP contribution is -2.03. The van der Waals surface area contributed by atoms with Gasteiger partial charge in [-0.25, -0.2) is 4.98 Å². The monoisotopic (exact) mass is 207 g/mol. The van der Waals surface area contributed by atoms with E-state index in [1.165, 1.54) is 0 Å². The minimum atomic E-state index is 0.584. The van der Waals surface area contributed by atoms with E-state index in [9.17, 15) is 0 Å². The Balaban J connectivity index is 2.60. The van der Waals surface area contributed by atoms with Gasteiger partial charge in [0.05, 0.1) is 6.61 Å². The number of ether oxygens (including phenoxy) is 1. The van der Waals surface area contributed by atoms with E-state index in [0.717, 1.165) is 17.7 Å². The number of aromatic nitrogens is 2. The molecule has 1 N–H and O–H groups in total. The van der Waals surface area contributed by atoms with Crippen molar-refractivity contribution in [1.82, 2.24) is 9.97 Å². The quantitative estimate of drug-likeness (QED) is 0.752. The van der Waals surface area contributed by atoms with Gasteiger partial charge in [-0.05, 0) is 13.8 Å². The molecule has 15 heavy (non-hydrogen) atoms. The van der Waals surface area contributed by atoms with Gasteiger partial charge < -0.3 is 10.1 Å². The molecule has 1 aromatic heterocycles. The summed E-state index contributed by atoms with van der Waals surface area (Å²) in [4.78, 5) is 8.35. The van der Waals surface area contributed by atoms with Crippen LogP contribution >= 0.6 is 0 Å². The number of hydrogen-bond donors (Lipinski definition) is 1. The van der Waals surface area contributed by atoms with Gasteiger partial charge in [0.15, 0.2) is 0 Å². The maximum absolute atomic E-state index is 5.49. The first-order valence-electron chi connectivity index (χ1n) is 4.92. The highest BCUT2D eigenvalue weighted by Crippen LogP contribution is 2.12. The van der Waals surface area contributed by atoms with Crippen LogP contribution in [0.1, 0.15) is 19.0 Å². The molecule has 0 amide bonds. The van der Waals surface area contributed by atoms with Crippen LogP contribution in [-0.2, 0) is 0 Å². The first kappa shape index (κ1) is 11.5. The molecule has 0 radical (unpaired) electrons. The molecule has 1 rings (SSSR count). The molecule has 1 heterocycles. The zero-order valence-corrected chi connectivity index (χ0v) is 9.50. The van der Waals surface area contributed by atoms with Crippen molar-refractivity contribution in [3.8, 4) is 5.88 Å². The van der Waals surface area contributed by atoms with E-state index in [1.54, 1.807) is 7.05 Å². The van der Waals surface area contributed by atoms with Crippen LogP contribution in [0.4, 0.5) is 5.95 Å². The Morgan fingerprint density at radius 2 is 2.27 bits per heavy atom. The number of nitrogens with one attached hydrogen (secondary N) is 1. The highest BCUT2D eigenvalue weighted by atomic mass is 16.5. The predicted molar refractivity (Wildman–Crippen MR) is 61.2 cm³/mol. The van der Waals surface area contributed by atoms with Gasteiger partial charge >= 0.3 is 0 Å². The van der Waals surface area contributed by atoms with Gasteiger partial charge in [-0.3, -0.25) is 0 Å². The molecule has 0 fully saturated rings. The second-order valence-electron chi connectivity index (χ2n) is 3.48. The lowest BCUT2D eigenvalue weighted by Gasteiger charge is -2.07. The van der Waals surface area contributed by atoms with Gasteiger partial charge in [0.2, 0.25) is 11.8 Å². The maximum atomic E-state index is 5.49. The van der Waals surface area contributed by atoms with Crippen LogP contribution in [0.25, 0.3) is 0 Å². The third-order valence-electron chi connectivity index (χ3n) is 1.83. The van der Waals surface area contributed by atoms with E-state index in [1.807, 2.05) is 19.9 Å². The third kappa shape index (κ3) is 3.97. The summed E-state index contributed by atoms with van der Waals surface area (Å²) in [7, 11) is 1.78. The Morgan fingerprint density at radius 3 is 2.87 bits per heavy atom. The van der Waals surface area contributed by atoms with Crippen molar-refractivity contribution in [2.24, 2.45) is 0 Å². The first-order chi connectivity index (χ1) is 7.11. The summed E-state index contributed by atoms with van der Waals surface area (Å²) in [6.07, 6.45) is 0.845. The molecular weight excluding hydrogens is 190 g/mol. The van der Waals surface area contributed by atoms with Crippen molar-refractivity contribution in [2.45, 2.75) is 20.3 Å². The molecule has 0 spiro atoms. The van der Waals surface area contributed by atoms with Crippen molar-refractivity contribution >= 4 is 5.95 Å². The van der Waals surface area contributed by atoms with Crippen LogP contribution in [-0.4, -0.2) is 23.6 Å². The molecule has 0 aliphatic heterocycles. The summed E-state index contributed by atoms with van der Waals surface area (Å²) in [6, 6.07) is 1.82. The fourth-order valence-electron chi connectivity index (χ4n) is 1.06. The highest BCUT2D eigenvalue weighted by molar-refractivity contribution is 5.29. The van der Waals surface area contributed by atoms with E-state index >= 15 is 0 Å². The van der Waals surface area contributed by atoms with Gasteiger partial charge in [0, 0.05) is 25.2 Å². The Kier molecular flexibility index (Phi) is 4.09. The predicted octanol–water partition coefficient (Wildman–Crippen LogP) is 2.17. The second kappa shape index (κ2) is 5.34. The average Bonchev–Trinajstić information content (AvgIpc) is 2.16. The SMILES string of the molecule is C=C(C)CCOc1cc(C)nc(NC)n1. The summed E-state index contributed by atoms with van der Waals surface area (Å²) in [6.45, 7) is 8.31. The van der Waals surface area contributed by atoms with E-state index in [0.29, 0.717) is 18.4 Å². The van der Waals surface area contributed by atoms with Crippen LogP contribution in [0.2, 0.25) is 0 Å². The van der Waals surface area contributed by atoms with E-state index in [2.05, 4.69) is 21.9 Å². The second-order valence-corrected chi connectivity index (χ2v) is 3.48. The zero-order chi connectivity index (χ0) is 11.3. The largest absolute Gasteiger partial charge is 0.477 e. The van der Waals surface area contributed by atoms with Crippen LogP contribution in [0, 0.1) is 6.92 Å². The Labute approximate surface area is 90.4 Å². The third-order valence-corrected chi connectivity index (χ3v) is 1.83. The summed E-state index contributed by atoms with van der Waals surface area (Å²) in [5.74, 6) is 1.19. The topological polar surface area (TPSA) is 47.0 Å². The summed E-state index contributed by atoms with van der Waals surface area (Å²) in [5, 5.41) is 2.89. The van der Waals surface area contributed by atoms with Crippen molar-refractivity contribution in [2.75, 3.05) is 19.0 Å². The molecule has 82 valence electrons. The standard InChI is InChI=1S/C11H17N3O/c1-8(2)5-6-15-10-7-9(3)13-11(12-4)14-10/h7H,1,5-6H2,2-4H3,(H,12,13,14). The number of rotatable bonds is 5. The lowest BCUT2D eigenvalue weighted by atomic mass is 10.3. The van der Waals surface area contributed by atoms with E-state index in [-0.39, 0.29) is 0 Å². The molecule has 0 aliphatic carbocycles. The highest BCUT2D eigenvalue weighted by Gasteiger charge is 2.01. The number of nitrogens with zero attached hydrogens (tertiary/aromatic N) is 2. The lowest BCUT2D eigenvalue weighted by molar-refractivity contribution is 0.309. The molecule has 0 aliphatic rings. The minimum Gasteiger partial charge on any atom is -0.477 e. The molecule has 0 unspecified atom stereocenters. The van der Waals surface area contributed by atoms with Crippen molar-refractivity contribution in [3.05, 3.63) is 23.9 Å². The zero-order valence-electron chi connectivity index (χ0n) is 9.50. The van der Waals surface area contributed by atoms with Crippen LogP contribution in [0.3, 0.4) is 0 Å². The molecule has 0 saturated heterocycles. The van der Waals surface area contributed by atoms with Crippen LogP contribution in [0.15, 0.2) is 18.2 Å². The van der Waals surface area contributed by atoms with E-state index in [4.69, 9.17) is 4.74 Å². The molecule has 0 bridgehead atoms. The number of anilines is 1. The van der Waals surface area contributed by atoms with Gasteiger partial charge in [0.1, 0.15) is 0 Å². The van der Waals surface area contributed by atoms with Crippen LogP contribution in [0.5, 0.6) is 5.88 Å². The van der Waals surface area contributed by atoms with Crippen molar-refractivity contribution in [3.63, 3.8) is 0 Å². The normalized spacial score (nSPS) is 9.80. The molecule has 0 saturated carbocycles. The van der Waals surface area contributed by atoms with Gasteiger partial charge in [0.25, 0.3) is 0 Å². The Hall–Kier alpha value is -1.58. The molecule has 0 aromatic carbocycles. The van der Waals surface area contributed by atoms with Crippen molar-refractivity contribution < 1.29 is 4.74 Å². The van der Waals surface area contributed by atoms with E-state index < -0.39 is 0 Å². The summed E-state index contributed by atoms with van der Waals surface area (Å²) < 4.78 is 5.49.